The van der Waals surface area contributed by atoms with E-state index in [-0.39, 0.29) is 0 Å². The molecule has 0 atom stereocenters. The molecule has 0 aliphatic heterocycles. The second kappa shape index (κ2) is 5.42. The number of benzene rings is 2. The van der Waals surface area contributed by atoms with Crippen molar-refractivity contribution in [2.45, 2.75) is 10.0 Å². The molecule has 0 unspecified atom stereocenters. The Hall–Kier alpha value is -0.677. The standard InChI is InChI=1S/C14H13.Bi.2H/c1-12(13-8-4-2-5-9-13)14-10-6-3-7-11-14;;;/h2-12H,1H2;;;. The van der Waals surface area contributed by atoms with Gasteiger partial charge < -0.3 is 0 Å². The number of rotatable bonds is 3. The molecule has 2 rings (SSSR count). The molecule has 2 aromatic rings. The summed E-state index contributed by atoms with van der Waals surface area (Å²) in [6.07, 6.45) is 0. The summed E-state index contributed by atoms with van der Waals surface area (Å²) in [5.74, 6) is 0.609. The van der Waals surface area contributed by atoms with Gasteiger partial charge in [-0.15, -0.1) is 0 Å². The quantitative estimate of drug-likeness (QED) is 0.705. The first-order valence-corrected chi connectivity index (χ1v) is 8.39. The monoisotopic (exact) mass is 392 g/mol. The summed E-state index contributed by atoms with van der Waals surface area (Å²) in [6, 6.07) is 21.6. The molecule has 0 saturated carbocycles. The molecule has 15 heavy (non-hydrogen) atoms. The van der Waals surface area contributed by atoms with Gasteiger partial charge in [0.2, 0.25) is 0 Å². The molecule has 0 fully saturated rings. The van der Waals surface area contributed by atoms with Crippen LogP contribution < -0.4 is 0 Å². The molecule has 0 aliphatic carbocycles. The van der Waals surface area contributed by atoms with Crippen LogP contribution in [0.1, 0.15) is 17.0 Å². The predicted octanol–water partition coefficient (Wildman–Crippen LogP) is 2.87. The van der Waals surface area contributed by atoms with Crippen LogP contribution in [0.2, 0.25) is 4.13 Å². The van der Waals surface area contributed by atoms with Gasteiger partial charge in [0.15, 0.2) is 0 Å². The van der Waals surface area contributed by atoms with Gasteiger partial charge in [-0.25, -0.2) is 0 Å². The van der Waals surface area contributed by atoms with Crippen molar-refractivity contribution < 1.29 is 0 Å². The average molecular weight is 392 g/mol. The molecule has 0 nitrogen and oxygen atoms in total. The maximum absolute atomic E-state index is 2.24. The molecule has 76 valence electrons. The van der Waals surface area contributed by atoms with Crippen molar-refractivity contribution in [3.63, 3.8) is 0 Å². The van der Waals surface area contributed by atoms with E-state index in [4.69, 9.17) is 0 Å². The zero-order valence-corrected chi connectivity index (χ0v) is 13.1. The topological polar surface area (TPSA) is 0 Å². The molecule has 0 N–H and O–H groups in total. The van der Waals surface area contributed by atoms with Gasteiger partial charge in [0.1, 0.15) is 0 Å². The number of hydrogen-bond acceptors (Lipinski definition) is 0. The van der Waals surface area contributed by atoms with E-state index in [1.165, 1.54) is 15.3 Å². The number of hydrogen-bond donors (Lipinski definition) is 0. The first kappa shape index (κ1) is 10.8. The first-order valence-electron chi connectivity index (χ1n) is 5.22. The van der Waals surface area contributed by atoms with Crippen molar-refractivity contribution in [3.05, 3.63) is 71.8 Å². The van der Waals surface area contributed by atoms with Crippen LogP contribution in [-0.2, 0) is 0 Å². The molecule has 0 aromatic heterocycles. The van der Waals surface area contributed by atoms with Crippen molar-refractivity contribution in [3.8, 4) is 0 Å². The van der Waals surface area contributed by atoms with Gasteiger partial charge >= 0.3 is 107 Å². The summed E-state index contributed by atoms with van der Waals surface area (Å²) in [6.45, 7) is 0. The fourth-order valence-corrected chi connectivity index (χ4v) is 3.95. The molecule has 0 amide bonds. The van der Waals surface area contributed by atoms with Crippen LogP contribution in [0.3, 0.4) is 0 Å². The molecule has 0 saturated heterocycles. The Morgan fingerprint density at radius 2 is 1.13 bits per heavy atom. The third kappa shape index (κ3) is 2.66. The van der Waals surface area contributed by atoms with Crippen LogP contribution in [0.15, 0.2) is 60.7 Å². The van der Waals surface area contributed by atoms with E-state index >= 15 is 0 Å². The Kier molecular flexibility index (Phi) is 3.91. The van der Waals surface area contributed by atoms with Gasteiger partial charge in [-0.3, -0.25) is 0 Å². The van der Waals surface area contributed by atoms with Crippen molar-refractivity contribution in [2.75, 3.05) is 0 Å². The van der Waals surface area contributed by atoms with Gasteiger partial charge in [0.05, 0.1) is 0 Å². The van der Waals surface area contributed by atoms with E-state index in [0.29, 0.717) is 5.92 Å². The van der Waals surface area contributed by atoms with Gasteiger partial charge in [-0.05, 0) is 0 Å². The second-order valence-corrected chi connectivity index (χ2v) is 5.44. The summed E-state index contributed by atoms with van der Waals surface area (Å²) >= 11 is 1.04. The molecule has 1 heteroatoms. The minimum atomic E-state index is 0.609. The zero-order valence-electron chi connectivity index (χ0n) is 8.64. The SMILES string of the molecule is [BiH2][CH2]C(c1ccccc1)c1ccccc1. The van der Waals surface area contributed by atoms with E-state index in [2.05, 4.69) is 60.7 Å². The third-order valence-electron chi connectivity index (χ3n) is 2.64. The van der Waals surface area contributed by atoms with Crippen LogP contribution in [0.5, 0.6) is 0 Å². The summed E-state index contributed by atoms with van der Waals surface area (Å²) in [7, 11) is 0. The normalized spacial score (nSPS) is 10.5. The predicted molar refractivity (Wildman–Crippen MR) is 68.1 cm³/mol. The van der Waals surface area contributed by atoms with E-state index in [1.54, 1.807) is 0 Å². The molecule has 0 bridgehead atoms. The molecule has 0 aliphatic rings. The molecule has 0 radical (unpaired) electrons. The maximum atomic E-state index is 2.24. The fourth-order valence-electron chi connectivity index (χ4n) is 1.84. The summed E-state index contributed by atoms with van der Waals surface area (Å²) in [5.41, 5.74) is 2.90. The summed E-state index contributed by atoms with van der Waals surface area (Å²) < 4.78 is 1.31. The van der Waals surface area contributed by atoms with Crippen molar-refractivity contribution in [1.29, 1.82) is 0 Å². The minimum absolute atomic E-state index is 0.609. The fraction of sp³-hybridized carbons (Fsp3) is 0.143. The van der Waals surface area contributed by atoms with Gasteiger partial charge in [0.25, 0.3) is 0 Å². The molecule has 0 heterocycles. The van der Waals surface area contributed by atoms with E-state index in [9.17, 15) is 0 Å². The Balaban J connectivity index is 2.34. The second-order valence-electron chi connectivity index (χ2n) is 3.61. The van der Waals surface area contributed by atoms with E-state index in [0.717, 1.165) is 24.7 Å². The Labute approximate surface area is 106 Å². The van der Waals surface area contributed by atoms with E-state index < -0.39 is 0 Å². The van der Waals surface area contributed by atoms with Crippen molar-refractivity contribution in [2.24, 2.45) is 0 Å². The zero-order chi connectivity index (χ0) is 10.5. The van der Waals surface area contributed by atoms with Crippen LogP contribution in [0.25, 0.3) is 0 Å². The van der Waals surface area contributed by atoms with Gasteiger partial charge in [-0.1, -0.05) is 0 Å². The van der Waals surface area contributed by atoms with Gasteiger partial charge in [0, 0.05) is 0 Å². The van der Waals surface area contributed by atoms with Crippen LogP contribution in [0, 0.1) is 0 Å². The molecular formula is C14H15Bi. The molecule has 0 spiro atoms. The Bertz CT molecular complexity index is 355. The Morgan fingerprint density at radius 3 is 1.47 bits per heavy atom. The molecule has 2 aromatic carbocycles. The van der Waals surface area contributed by atoms with Crippen LogP contribution >= 0.6 is 0 Å². The third-order valence-corrected chi connectivity index (χ3v) is 4.47. The van der Waals surface area contributed by atoms with Crippen LogP contribution in [0.4, 0.5) is 0 Å². The van der Waals surface area contributed by atoms with Gasteiger partial charge in [-0.2, -0.15) is 0 Å². The first-order chi connectivity index (χ1) is 7.42. The summed E-state index contributed by atoms with van der Waals surface area (Å²) in [5, 5.41) is 0. The van der Waals surface area contributed by atoms with Crippen molar-refractivity contribution >= 4 is 24.7 Å². The average Bonchev–Trinajstić information content (AvgIpc) is 2.33. The summed E-state index contributed by atoms with van der Waals surface area (Å²) in [4.78, 5) is 0. The Morgan fingerprint density at radius 1 is 0.733 bits per heavy atom. The van der Waals surface area contributed by atoms with E-state index in [1.807, 2.05) is 0 Å². The van der Waals surface area contributed by atoms with Crippen molar-refractivity contribution in [1.82, 2.24) is 0 Å². The van der Waals surface area contributed by atoms with Crippen LogP contribution in [-0.4, -0.2) is 24.7 Å². The molecular weight excluding hydrogens is 377 g/mol.